The SMILES string of the molecule is CCCC[N+]1(C)[C@@H]2CC[C@H]1CC(OC(=O)C(CO)c1ccccc1)C2.[Br-]. The minimum atomic E-state index is -0.568. The molecule has 3 rings (SSSR count). The van der Waals surface area contributed by atoms with Gasteiger partial charge in [0.05, 0.1) is 32.3 Å². The van der Waals surface area contributed by atoms with Crippen molar-refractivity contribution >= 4 is 5.97 Å². The average molecular weight is 426 g/mol. The first-order valence-electron chi connectivity index (χ1n) is 9.79. The molecule has 2 aliphatic heterocycles. The second-order valence-corrected chi connectivity index (χ2v) is 7.99. The molecule has 0 radical (unpaired) electrons. The molecule has 5 heteroatoms. The Balaban J connectivity index is 0.00000243. The first-order chi connectivity index (χ1) is 12.1. The highest BCUT2D eigenvalue weighted by Gasteiger charge is 2.52. The van der Waals surface area contributed by atoms with E-state index in [1.807, 2.05) is 30.3 Å². The van der Waals surface area contributed by atoms with E-state index in [1.54, 1.807) is 0 Å². The normalized spacial score (nSPS) is 31.1. The highest BCUT2D eigenvalue weighted by Crippen LogP contribution is 2.42. The Morgan fingerprint density at radius 1 is 1.23 bits per heavy atom. The standard InChI is InChI=1S/C21H32NO3.BrH/c1-3-4-12-22(2)17-10-11-18(22)14-19(13-17)25-21(24)20(15-23)16-8-6-5-7-9-16;/h5-9,17-20,23H,3-4,10-15H2,1-2H3;1H/q+1;/p-1/t17-,18+,19?,20?,22?;. The minimum Gasteiger partial charge on any atom is -1.00 e. The third-order valence-electron chi connectivity index (χ3n) is 6.52. The first kappa shape index (κ1) is 21.4. The van der Waals surface area contributed by atoms with Crippen molar-refractivity contribution in [1.82, 2.24) is 0 Å². The number of nitrogens with zero attached hydrogens (tertiary/aromatic N) is 1. The van der Waals surface area contributed by atoms with Gasteiger partial charge in [-0.1, -0.05) is 43.7 Å². The fourth-order valence-corrected chi connectivity index (χ4v) is 4.90. The molecule has 2 aliphatic rings. The molecule has 1 aromatic carbocycles. The summed E-state index contributed by atoms with van der Waals surface area (Å²) in [6.07, 6.45) is 6.96. The van der Waals surface area contributed by atoms with Gasteiger partial charge < -0.3 is 31.3 Å². The van der Waals surface area contributed by atoms with Crippen LogP contribution in [0.1, 0.15) is 56.9 Å². The number of hydrogen-bond donors (Lipinski definition) is 1. The lowest BCUT2D eigenvalue weighted by Crippen LogP contribution is -3.00. The average Bonchev–Trinajstić information content (AvgIpc) is 2.79. The molecule has 2 saturated heterocycles. The zero-order chi connectivity index (χ0) is 17.9. The van der Waals surface area contributed by atoms with Crippen LogP contribution in [0.15, 0.2) is 30.3 Å². The summed E-state index contributed by atoms with van der Waals surface area (Å²) >= 11 is 0. The maximum absolute atomic E-state index is 12.6. The second kappa shape index (κ2) is 9.34. The quantitative estimate of drug-likeness (QED) is 0.503. The first-order valence-corrected chi connectivity index (χ1v) is 9.79. The van der Waals surface area contributed by atoms with Crippen LogP contribution in [-0.4, -0.2) is 53.9 Å². The molecule has 5 atom stereocenters. The Hall–Kier alpha value is -0.910. The van der Waals surface area contributed by atoms with Gasteiger partial charge in [0, 0.05) is 25.7 Å². The number of carbonyl (C=O) groups is 1. The summed E-state index contributed by atoms with van der Waals surface area (Å²) in [7, 11) is 2.40. The van der Waals surface area contributed by atoms with Gasteiger partial charge in [-0.25, -0.2) is 0 Å². The molecule has 146 valence electrons. The van der Waals surface area contributed by atoms with E-state index in [9.17, 15) is 9.90 Å². The van der Waals surface area contributed by atoms with Crippen LogP contribution in [-0.2, 0) is 9.53 Å². The van der Waals surface area contributed by atoms with Crippen molar-refractivity contribution in [2.24, 2.45) is 0 Å². The number of hydrogen-bond acceptors (Lipinski definition) is 3. The molecule has 2 bridgehead atoms. The van der Waals surface area contributed by atoms with E-state index in [0.717, 1.165) is 18.4 Å². The zero-order valence-electron chi connectivity index (χ0n) is 15.9. The molecular formula is C21H32BrNO3. The lowest BCUT2D eigenvalue weighted by Gasteiger charge is -2.47. The third kappa shape index (κ3) is 4.32. The Labute approximate surface area is 167 Å². The van der Waals surface area contributed by atoms with Gasteiger partial charge in [0.2, 0.25) is 0 Å². The molecule has 0 saturated carbocycles. The van der Waals surface area contributed by atoms with Crippen molar-refractivity contribution < 1.29 is 36.1 Å². The van der Waals surface area contributed by atoms with Crippen LogP contribution in [0.2, 0.25) is 0 Å². The summed E-state index contributed by atoms with van der Waals surface area (Å²) in [5, 5.41) is 9.67. The van der Waals surface area contributed by atoms with Gasteiger partial charge in [-0.05, 0) is 12.0 Å². The molecule has 1 N–H and O–H groups in total. The molecule has 1 aromatic rings. The van der Waals surface area contributed by atoms with Gasteiger partial charge in [-0.3, -0.25) is 4.79 Å². The van der Waals surface area contributed by atoms with Crippen molar-refractivity contribution in [2.45, 2.75) is 69.6 Å². The smallest absolute Gasteiger partial charge is 0.316 e. The highest BCUT2D eigenvalue weighted by atomic mass is 79.9. The maximum atomic E-state index is 12.6. The molecular weight excluding hydrogens is 394 g/mol. The highest BCUT2D eigenvalue weighted by molar-refractivity contribution is 5.78. The number of fused-ring (bicyclic) bond motifs is 2. The second-order valence-electron chi connectivity index (χ2n) is 7.99. The summed E-state index contributed by atoms with van der Waals surface area (Å²) in [4.78, 5) is 12.6. The summed E-state index contributed by atoms with van der Waals surface area (Å²) < 4.78 is 7.04. The maximum Gasteiger partial charge on any atom is 0.316 e. The number of quaternary nitrogens is 1. The largest absolute Gasteiger partial charge is 1.00 e. The number of benzene rings is 1. The van der Waals surface area contributed by atoms with E-state index in [2.05, 4.69) is 14.0 Å². The van der Waals surface area contributed by atoms with E-state index < -0.39 is 5.92 Å². The van der Waals surface area contributed by atoms with Gasteiger partial charge in [-0.15, -0.1) is 0 Å². The predicted molar refractivity (Wildman–Crippen MR) is 98.2 cm³/mol. The Kier molecular flexibility index (Phi) is 7.68. The molecule has 0 amide bonds. The van der Waals surface area contributed by atoms with Crippen LogP contribution in [0.25, 0.3) is 0 Å². The number of aliphatic hydroxyl groups is 1. The summed E-state index contributed by atoms with van der Waals surface area (Å²) in [6, 6.07) is 10.7. The van der Waals surface area contributed by atoms with E-state index in [1.165, 1.54) is 36.7 Å². The number of carbonyl (C=O) groups excluding carboxylic acids is 1. The molecule has 3 unspecified atom stereocenters. The van der Waals surface area contributed by atoms with Crippen LogP contribution in [0.3, 0.4) is 0 Å². The van der Waals surface area contributed by atoms with Gasteiger partial charge in [0.15, 0.2) is 0 Å². The number of piperidine rings is 1. The number of rotatable bonds is 7. The fraction of sp³-hybridized carbons (Fsp3) is 0.667. The molecule has 4 nitrogen and oxygen atoms in total. The predicted octanol–water partition coefficient (Wildman–Crippen LogP) is 0.250. The van der Waals surface area contributed by atoms with Gasteiger partial charge >= 0.3 is 5.97 Å². The van der Waals surface area contributed by atoms with E-state index in [-0.39, 0.29) is 35.7 Å². The van der Waals surface area contributed by atoms with E-state index in [0.29, 0.717) is 12.1 Å². The van der Waals surface area contributed by atoms with Crippen LogP contribution < -0.4 is 17.0 Å². The van der Waals surface area contributed by atoms with E-state index >= 15 is 0 Å². The van der Waals surface area contributed by atoms with Crippen molar-refractivity contribution in [3.05, 3.63) is 35.9 Å². The fourth-order valence-electron chi connectivity index (χ4n) is 4.90. The third-order valence-corrected chi connectivity index (χ3v) is 6.52. The summed E-state index contributed by atoms with van der Waals surface area (Å²) in [6.45, 7) is 3.30. The Morgan fingerprint density at radius 3 is 2.38 bits per heavy atom. The Morgan fingerprint density at radius 2 is 1.85 bits per heavy atom. The summed E-state index contributed by atoms with van der Waals surface area (Å²) in [5.74, 6) is -0.843. The molecule has 2 fully saturated rings. The van der Waals surface area contributed by atoms with Crippen LogP contribution in [0.5, 0.6) is 0 Å². The summed E-state index contributed by atoms with van der Waals surface area (Å²) in [5.41, 5.74) is 0.831. The van der Waals surface area contributed by atoms with Crippen LogP contribution in [0.4, 0.5) is 0 Å². The number of aliphatic hydroxyl groups excluding tert-OH is 1. The topological polar surface area (TPSA) is 46.5 Å². The number of ether oxygens (including phenoxy) is 1. The van der Waals surface area contributed by atoms with Crippen molar-refractivity contribution in [1.29, 1.82) is 0 Å². The van der Waals surface area contributed by atoms with Gasteiger partial charge in [0.25, 0.3) is 0 Å². The monoisotopic (exact) mass is 425 g/mol. The molecule has 2 heterocycles. The minimum absolute atomic E-state index is 0. The van der Waals surface area contributed by atoms with Crippen molar-refractivity contribution in [3.8, 4) is 0 Å². The Bertz CT molecular complexity index is 566. The van der Waals surface area contributed by atoms with Crippen LogP contribution >= 0.6 is 0 Å². The molecule has 0 aromatic heterocycles. The van der Waals surface area contributed by atoms with Gasteiger partial charge in [-0.2, -0.15) is 0 Å². The van der Waals surface area contributed by atoms with Crippen molar-refractivity contribution in [2.75, 3.05) is 20.2 Å². The van der Waals surface area contributed by atoms with Crippen LogP contribution in [0, 0.1) is 0 Å². The zero-order valence-corrected chi connectivity index (χ0v) is 17.5. The number of halogens is 1. The lowest BCUT2D eigenvalue weighted by molar-refractivity contribution is -0.949. The van der Waals surface area contributed by atoms with Crippen molar-refractivity contribution in [3.63, 3.8) is 0 Å². The lowest BCUT2D eigenvalue weighted by atomic mass is 9.95. The molecule has 26 heavy (non-hydrogen) atoms. The molecule has 0 spiro atoms. The number of unbranched alkanes of at least 4 members (excludes halogenated alkanes) is 1. The molecule has 0 aliphatic carbocycles. The number of esters is 1. The van der Waals surface area contributed by atoms with Gasteiger partial charge in [0.1, 0.15) is 12.0 Å². The van der Waals surface area contributed by atoms with E-state index in [4.69, 9.17) is 4.74 Å².